The standard InChI is InChI=1S/C18H25N3O2/c1-18(2,3)11-16(22)20-9-4-5-15(20)17(23)21-10-7-13-12-19-8-6-14(13)21/h6,8,12,15H,4-5,7,9-11H2,1-3H3/t15-/m1/s1. The van der Waals surface area contributed by atoms with Crippen molar-refractivity contribution in [2.75, 3.05) is 18.0 Å². The van der Waals surface area contributed by atoms with Crippen molar-refractivity contribution in [2.24, 2.45) is 5.41 Å². The molecule has 3 rings (SSSR count). The van der Waals surface area contributed by atoms with Crippen molar-refractivity contribution >= 4 is 17.5 Å². The first kappa shape index (κ1) is 16.0. The summed E-state index contributed by atoms with van der Waals surface area (Å²) in [6.45, 7) is 7.56. The minimum absolute atomic E-state index is 0.0564. The Morgan fingerprint density at radius 3 is 2.83 bits per heavy atom. The lowest BCUT2D eigenvalue weighted by Gasteiger charge is -2.30. The maximum absolute atomic E-state index is 13.0. The average molecular weight is 315 g/mol. The van der Waals surface area contributed by atoms with E-state index in [9.17, 15) is 9.59 Å². The van der Waals surface area contributed by atoms with E-state index in [0.29, 0.717) is 19.5 Å². The lowest BCUT2D eigenvalue weighted by atomic mass is 9.91. The van der Waals surface area contributed by atoms with Crippen molar-refractivity contribution in [1.82, 2.24) is 9.88 Å². The molecular formula is C18H25N3O2. The summed E-state index contributed by atoms with van der Waals surface area (Å²) in [5.74, 6) is 0.164. The molecule has 0 aliphatic carbocycles. The summed E-state index contributed by atoms with van der Waals surface area (Å²) in [6, 6.07) is 1.60. The fourth-order valence-electron chi connectivity index (χ4n) is 3.51. The quantitative estimate of drug-likeness (QED) is 0.842. The summed E-state index contributed by atoms with van der Waals surface area (Å²) in [5, 5.41) is 0. The van der Waals surface area contributed by atoms with Gasteiger partial charge in [-0.2, -0.15) is 0 Å². The molecule has 0 aromatic carbocycles. The first-order chi connectivity index (χ1) is 10.9. The second-order valence-electron chi connectivity index (χ2n) is 7.73. The lowest BCUT2D eigenvalue weighted by molar-refractivity contribution is -0.138. The fraction of sp³-hybridized carbons (Fsp3) is 0.611. The van der Waals surface area contributed by atoms with Gasteiger partial charge >= 0.3 is 0 Å². The number of likely N-dealkylation sites (tertiary alicyclic amines) is 1. The van der Waals surface area contributed by atoms with E-state index >= 15 is 0 Å². The van der Waals surface area contributed by atoms with Gasteiger partial charge in [0, 0.05) is 31.9 Å². The molecule has 1 aromatic rings. The number of fused-ring (bicyclic) bond motifs is 1. The Hall–Kier alpha value is -1.91. The third kappa shape index (κ3) is 3.23. The molecule has 23 heavy (non-hydrogen) atoms. The van der Waals surface area contributed by atoms with Crippen LogP contribution >= 0.6 is 0 Å². The molecule has 0 spiro atoms. The summed E-state index contributed by atoms with van der Waals surface area (Å²) in [6.07, 6.45) is 6.56. The van der Waals surface area contributed by atoms with E-state index in [-0.39, 0.29) is 23.3 Å². The Kier molecular flexibility index (Phi) is 4.13. The second kappa shape index (κ2) is 5.95. The predicted molar refractivity (Wildman–Crippen MR) is 89.1 cm³/mol. The molecule has 5 heteroatoms. The van der Waals surface area contributed by atoms with Crippen LogP contribution in [-0.4, -0.2) is 40.8 Å². The van der Waals surface area contributed by atoms with Gasteiger partial charge in [-0.25, -0.2) is 0 Å². The topological polar surface area (TPSA) is 53.5 Å². The van der Waals surface area contributed by atoms with Crippen LogP contribution in [0.4, 0.5) is 5.69 Å². The summed E-state index contributed by atoms with van der Waals surface area (Å²) in [4.78, 5) is 33.3. The highest BCUT2D eigenvalue weighted by molar-refractivity contribution is 6.01. The molecule has 1 fully saturated rings. The van der Waals surface area contributed by atoms with Gasteiger partial charge in [0.1, 0.15) is 6.04 Å². The van der Waals surface area contributed by atoms with Gasteiger partial charge in [-0.1, -0.05) is 20.8 Å². The molecule has 0 bridgehead atoms. The lowest BCUT2D eigenvalue weighted by Crippen LogP contribution is -2.48. The molecule has 2 aliphatic rings. The number of amides is 2. The van der Waals surface area contributed by atoms with Gasteiger partial charge in [0.05, 0.1) is 5.69 Å². The van der Waals surface area contributed by atoms with Crippen LogP contribution in [0.5, 0.6) is 0 Å². The largest absolute Gasteiger partial charge is 0.331 e. The van der Waals surface area contributed by atoms with Crippen molar-refractivity contribution in [3.05, 3.63) is 24.0 Å². The molecule has 1 atom stereocenters. The van der Waals surface area contributed by atoms with Crippen LogP contribution in [0.1, 0.15) is 45.6 Å². The Morgan fingerprint density at radius 1 is 1.30 bits per heavy atom. The van der Waals surface area contributed by atoms with E-state index in [1.54, 1.807) is 11.1 Å². The smallest absolute Gasteiger partial charge is 0.249 e. The number of carbonyl (C=O) groups excluding carboxylic acids is 2. The highest BCUT2D eigenvalue weighted by atomic mass is 16.2. The number of aromatic nitrogens is 1. The van der Waals surface area contributed by atoms with E-state index in [4.69, 9.17) is 0 Å². The molecule has 0 radical (unpaired) electrons. The number of pyridine rings is 1. The zero-order valence-electron chi connectivity index (χ0n) is 14.2. The molecule has 0 saturated carbocycles. The van der Waals surface area contributed by atoms with Crippen molar-refractivity contribution in [3.8, 4) is 0 Å². The van der Waals surface area contributed by atoms with Crippen LogP contribution < -0.4 is 4.90 Å². The Labute approximate surface area is 137 Å². The number of rotatable bonds is 2. The van der Waals surface area contributed by atoms with Crippen LogP contribution in [0, 0.1) is 5.41 Å². The molecule has 1 aromatic heterocycles. The highest BCUT2D eigenvalue weighted by Crippen LogP contribution is 2.31. The minimum atomic E-state index is -0.302. The number of carbonyl (C=O) groups is 2. The SMILES string of the molecule is CC(C)(C)CC(=O)N1CCC[C@@H]1C(=O)N1CCc2cnccc21. The summed E-state index contributed by atoms with van der Waals surface area (Å²) < 4.78 is 0. The Bertz CT molecular complexity index is 621. The predicted octanol–water partition coefficient (Wildman–Crippen LogP) is 2.40. The molecular weight excluding hydrogens is 290 g/mol. The average Bonchev–Trinajstić information content (AvgIpc) is 3.12. The molecule has 3 heterocycles. The fourth-order valence-corrected chi connectivity index (χ4v) is 3.51. The number of hydrogen-bond donors (Lipinski definition) is 0. The van der Waals surface area contributed by atoms with Crippen molar-refractivity contribution in [2.45, 2.75) is 52.5 Å². The molecule has 2 aliphatic heterocycles. The van der Waals surface area contributed by atoms with E-state index in [1.807, 2.05) is 17.2 Å². The second-order valence-corrected chi connectivity index (χ2v) is 7.73. The number of nitrogens with zero attached hydrogens (tertiary/aromatic N) is 3. The number of hydrogen-bond acceptors (Lipinski definition) is 3. The number of anilines is 1. The molecule has 124 valence electrons. The van der Waals surface area contributed by atoms with E-state index in [1.165, 1.54) is 0 Å². The summed E-state index contributed by atoms with van der Waals surface area (Å²) in [5.41, 5.74) is 2.02. The Balaban J connectivity index is 1.76. The van der Waals surface area contributed by atoms with E-state index in [2.05, 4.69) is 25.8 Å². The molecule has 0 N–H and O–H groups in total. The normalized spacial score (nSPS) is 20.7. The first-order valence-electron chi connectivity index (χ1n) is 8.40. The van der Waals surface area contributed by atoms with Gasteiger partial charge in [0.25, 0.3) is 0 Å². The van der Waals surface area contributed by atoms with E-state index in [0.717, 1.165) is 30.5 Å². The van der Waals surface area contributed by atoms with Gasteiger partial charge in [-0.15, -0.1) is 0 Å². The zero-order chi connectivity index (χ0) is 16.6. The first-order valence-corrected chi connectivity index (χ1v) is 8.40. The summed E-state index contributed by atoms with van der Waals surface area (Å²) >= 11 is 0. The molecule has 1 saturated heterocycles. The van der Waals surface area contributed by atoms with Crippen molar-refractivity contribution < 1.29 is 9.59 Å². The van der Waals surface area contributed by atoms with Crippen LogP contribution in [0.2, 0.25) is 0 Å². The maximum Gasteiger partial charge on any atom is 0.249 e. The van der Waals surface area contributed by atoms with E-state index < -0.39 is 0 Å². The molecule has 5 nitrogen and oxygen atoms in total. The maximum atomic E-state index is 13.0. The van der Waals surface area contributed by atoms with Crippen LogP contribution in [0.3, 0.4) is 0 Å². The summed E-state index contributed by atoms with van der Waals surface area (Å²) in [7, 11) is 0. The van der Waals surface area contributed by atoms with Gasteiger partial charge in [0.15, 0.2) is 0 Å². The van der Waals surface area contributed by atoms with Gasteiger partial charge in [0.2, 0.25) is 11.8 Å². The molecule has 0 unspecified atom stereocenters. The zero-order valence-corrected chi connectivity index (χ0v) is 14.2. The van der Waals surface area contributed by atoms with Crippen LogP contribution in [-0.2, 0) is 16.0 Å². The Morgan fingerprint density at radius 2 is 2.09 bits per heavy atom. The third-order valence-electron chi connectivity index (χ3n) is 4.58. The monoisotopic (exact) mass is 315 g/mol. The van der Waals surface area contributed by atoms with Crippen LogP contribution in [0.25, 0.3) is 0 Å². The van der Waals surface area contributed by atoms with Crippen molar-refractivity contribution in [3.63, 3.8) is 0 Å². The van der Waals surface area contributed by atoms with Gasteiger partial charge in [-0.05, 0) is 36.3 Å². The highest BCUT2D eigenvalue weighted by Gasteiger charge is 2.39. The van der Waals surface area contributed by atoms with Gasteiger partial charge in [-0.3, -0.25) is 14.6 Å². The third-order valence-corrected chi connectivity index (χ3v) is 4.58. The van der Waals surface area contributed by atoms with Crippen molar-refractivity contribution in [1.29, 1.82) is 0 Å². The van der Waals surface area contributed by atoms with Crippen LogP contribution in [0.15, 0.2) is 18.5 Å². The minimum Gasteiger partial charge on any atom is -0.331 e. The molecule has 2 amide bonds. The van der Waals surface area contributed by atoms with Gasteiger partial charge < -0.3 is 9.80 Å².